The second-order valence-electron chi connectivity index (χ2n) is 3.57. The van der Waals surface area contributed by atoms with E-state index in [1.165, 1.54) is 7.11 Å². The molecule has 5 nitrogen and oxygen atoms in total. The molecule has 0 aliphatic heterocycles. The fraction of sp³-hybridized carbons (Fsp3) is 0.417. The molecule has 0 spiro atoms. The predicted octanol–water partition coefficient (Wildman–Crippen LogP) is 0.626. The fourth-order valence-electron chi connectivity index (χ4n) is 1.43. The number of para-hydroxylation sites is 1. The van der Waals surface area contributed by atoms with E-state index in [4.69, 9.17) is 4.74 Å². The van der Waals surface area contributed by atoms with Crippen molar-refractivity contribution in [3.63, 3.8) is 0 Å². The first kappa shape index (κ1) is 13.3. The van der Waals surface area contributed by atoms with Crippen molar-refractivity contribution in [3.8, 4) is 11.5 Å². The minimum Gasteiger partial charge on any atom is -0.504 e. The summed E-state index contributed by atoms with van der Waals surface area (Å²) in [7, 11) is 3.12. The first-order chi connectivity index (χ1) is 8.19. The number of rotatable bonds is 6. The number of benzene rings is 1. The molecule has 5 heteroatoms. The van der Waals surface area contributed by atoms with Gasteiger partial charge in [-0.05, 0) is 6.07 Å². The Kier molecular flexibility index (Phi) is 5.29. The van der Waals surface area contributed by atoms with Gasteiger partial charge in [0.05, 0.1) is 7.11 Å². The lowest BCUT2D eigenvalue weighted by Crippen LogP contribution is -2.24. The summed E-state index contributed by atoms with van der Waals surface area (Å²) in [6, 6.07) is 5.32. The lowest BCUT2D eigenvalue weighted by atomic mass is 10.2. The summed E-state index contributed by atoms with van der Waals surface area (Å²) in [6.07, 6.45) is 0.418. The Morgan fingerprint density at radius 3 is 2.88 bits per heavy atom. The van der Waals surface area contributed by atoms with Crippen LogP contribution >= 0.6 is 0 Å². The summed E-state index contributed by atoms with van der Waals surface area (Å²) in [5.41, 5.74) is 0.751. The highest BCUT2D eigenvalue weighted by molar-refractivity contribution is 5.75. The molecule has 1 amide bonds. The Morgan fingerprint density at radius 2 is 2.24 bits per heavy atom. The highest BCUT2D eigenvalue weighted by Crippen LogP contribution is 2.28. The maximum atomic E-state index is 11.0. The first-order valence-electron chi connectivity index (χ1n) is 5.45. The van der Waals surface area contributed by atoms with E-state index >= 15 is 0 Å². The Labute approximate surface area is 101 Å². The molecule has 0 radical (unpaired) electrons. The van der Waals surface area contributed by atoms with Crippen LogP contribution in [-0.4, -0.2) is 31.7 Å². The van der Waals surface area contributed by atoms with E-state index in [-0.39, 0.29) is 11.7 Å². The minimum absolute atomic E-state index is 0.00707. The molecule has 0 saturated carbocycles. The summed E-state index contributed by atoms with van der Waals surface area (Å²) < 4.78 is 5.01. The molecule has 0 saturated heterocycles. The van der Waals surface area contributed by atoms with Crippen LogP contribution in [0.25, 0.3) is 0 Å². The molecule has 0 atom stereocenters. The molecule has 1 aromatic carbocycles. The zero-order valence-electron chi connectivity index (χ0n) is 10.1. The molecule has 0 fully saturated rings. The zero-order chi connectivity index (χ0) is 12.7. The molecular weight excluding hydrogens is 220 g/mol. The van der Waals surface area contributed by atoms with Gasteiger partial charge < -0.3 is 20.5 Å². The molecule has 0 heterocycles. The van der Waals surface area contributed by atoms with E-state index in [0.717, 1.165) is 5.56 Å². The van der Waals surface area contributed by atoms with Crippen molar-refractivity contribution < 1.29 is 14.6 Å². The third kappa shape index (κ3) is 3.96. The number of hydrogen-bond donors (Lipinski definition) is 3. The maximum Gasteiger partial charge on any atom is 0.221 e. The van der Waals surface area contributed by atoms with Gasteiger partial charge in [0.2, 0.25) is 5.91 Å². The SMILES string of the molecule is CNC(=O)CCNCc1cccc(OC)c1O. The van der Waals surface area contributed by atoms with Crippen LogP contribution < -0.4 is 15.4 Å². The number of ether oxygens (including phenoxy) is 1. The minimum atomic E-state index is -0.00707. The van der Waals surface area contributed by atoms with E-state index in [0.29, 0.717) is 25.3 Å². The van der Waals surface area contributed by atoms with Crippen LogP contribution in [0.15, 0.2) is 18.2 Å². The van der Waals surface area contributed by atoms with Crippen molar-refractivity contribution in [2.24, 2.45) is 0 Å². The summed E-state index contributed by atoms with van der Waals surface area (Å²) in [6.45, 7) is 1.07. The predicted molar refractivity (Wildman–Crippen MR) is 65.0 cm³/mol. The summed E-state index contributed by atoms with van der Waals surface area (Å²) in [5.74, 6) is 0.588. The van der Waals surface area contributed by atoms with Crippen molar-refractivity contribution in [2.75, 3.05) is 20.7 Å². The van der Waals surface area contributed by atoms with Crippen LogP contribution in [0, 0.1) is 0 Å². The fourth-order valence-corrected chi connectivity index (χ4v) is 1.43. The topological polar surface area (TPSA) is 70.6 Å². The van der Waals surface area contributed by atoms with Crippen molar-refractivity contribution in [3.05, 3.63) is 23.8 Å². The number of nitrogens with one attached hydrogen (secondary N) is 2. The Bertz CT molecular complexity index is 380. The maximum absolute atomic E-state index is 11.0. The monoisotopic (exact) mass is 238 g/mol. The van der Waals surface area contributed by atoms with Crippen molar-refractivity contribution in [2.45, 2.75) is 13.0 Å². The smallest absolute Gasteiger partial charge is 0.221 e. The molecular formula is C12H18N2O3. The Hall–Kier alpha value is -1.75. The molecule has 17 heavy (non-hydrogen) atoms. The molecule has 1 rings (SSSR count). The largest absolute Gasteiger partial charge is 0.504 e. The third-order valence-electron chi connectivity index (χ3n) is 2.43. The number of methoxy groups -OCH3 is 1. The molecule has 0 unspecified atom stereocenters. The standard InChI is InChI=1S/C12H18N2O3/c1-13-11(15)6-7-14-8-9-4-3-5-10(17-2)12(9)16/h3-5,14,16H,6-8H2,1-2H3,(H,13,15). The van der Waals surface area contributed by atoms with Crippen LogP contribution in [0.5, 0.6) is 11.5 Å². The van der Waals surface area contributed by atoms with E-state index in [1.807, 2.05) is 12.1 Å². The quantitative estimate of drug-likeness (QED) is 0.636. The van der Waals surface area contributed by atoms with E-state index in [1.54, 1.807) is 13.1 Å². The van der Waals surface area contributed by atoms with Gasteiger partial charge in [0.25, 0.3) is 0 Å². The second kappa shape index (κ2) is 6.75. The van der Waals surface area contributed by atoms with Crippen LogP contribution in [0.1, 0.15) is 12.0 Å². The molecule has 0 aliphatic carbocycles. The Morgan fingerprint density at radius 1 is 1.47 bits per heavy atom. The van der Waals surface area contributed by atoms with E-state index in [2.05, 4.69) is 10.6 Å². The highest BCUT2D eigenvalue weighted by Gasteiger charge is 2.06. The molecule has 0 bridgehead atoms. The van der Waals surface area contributed by atoms with Crippen LogP contribution in [0.3, 0.4) is 0 Å². The summed E-state index contributed by atoms with van der Waals surface area (Å²) in [4.78, 5) is 11.0. The van der Waals surface area contributed by atoms with Crippen molar-refractivity contribution in [1.29, 1.82) is 0 Å². The van der Waals surface area contributed by atoms with Crippen LogP contribution in [0.2, 0.25) is 0 Å². The summed E-state index contributed by atoms with van der Waals surface area (Å²) in [5, 5.41) is 15.4. The van der Waals surface area contributed by atoms with Crippen molar-refractivity contribution in [1.82, 2.24) is 10.6 Å². The van der Waals surface area contributed by atoms with Gasteiger partial charge in [-0.25, -0.2) is 0 Å². The Balaban J connectivity index is 2.44. The number of carbonyl (C=O) groups is 1. The van der Waals surface area contributed by atoms with Crippen LogP contribution in [-0.2, 0) is 11.3 Å². The van der Waals surface area contributed by atoms with Gasteiger partial charge in [0.15, 0.2) is 11.5 Å². The lowest BCUT2D eigenvalue weighted by molar-refractivity contribution is -0.120. The number of aromatic hydroxyl groups is 1. The van der Waals surface area contributed by atoms with Gasteiger partial charge in [-0.1, -0.05) is 12.1 Å². The second-order valence-corrected chi connectivity index (χ2v) is 3.57. The number of phenolic OH excluding ortho intramolecular Hbond substituents is 1. The van der Waals surface area contributed by atoms with E-state index in [9.17, 15) is 9.90 Å². The average molecular weight is 238 g/mol. The van der Waals surface area contributed by atoms with Gasteiger partial charge >= 0.3 is 0 Å². The van der Waals surface area contributed by atoms with Crippen molar-refractivity contribution >= 4 is 5.91 Å². The van der Waals surface area contributed by atoms with Gasteiger partial charge in [0, 0.05) is 32.1 Å². The van der Waals surface area contributed by atoms with Gasteiger partial charge in [0.1, 0.15) is 0 Å². The first-order valence-corrected chi connectivity index (χ1v) is 5.45. The lowest BCUT2D eigenvalue weighted by Gasteiger charge is -2.09. The number of phenols is 1. The number of amides is 1. The van der Waals surface area contributed by atoms with Gasteiger partial charge in [-0.15, -0.1) is 0 Å². The molecule has 3 N–H and O–H groups in total. The third-order valence-corrected chi connectivity index (χ3v) is 2.43. The van der Waals surface area contributed by atoms with Crippen LogP contribution in [0.4, 0.5) is 0 Å². The highest BCUT2D eigenvalue weighted by atomic mass is 16.5. The molecule has 94 valence electrons. The average Bonchev–Trinajstić information content (AvgIpc) is 2.36. The zero-order valence-corrected chi connectivity index (χ0v) is 10.1. The normalized spacial score (nSPS) is 10.0. The summed E-state index contributed by atoms with van der Waals surface area (Å²) >= 11 is 0. The van der Waals surface area contributed by atoms with Gasteiger partial charge in [-0.2, -0.15) is 0 Å². The molecule has 0 aromatic heterocycles. The molecule has 0 aliphatic rings. The molecule has 1 aromatic rings. The number of carbonyl (C=O) groups excluding carboxylic acids is 1. The van der Waals surface area contributed by atoms with E-state index < -0.39 is 0 Å². The number of hydrogen-bond acceptors (Lipinski definition) is 4. The van der Waals surface area contributed by atoms with Gasteiger partial charge in [-0.3, -0.25) is 4.79 Å².